The minimum Gasteiger partial charge on any atom is -0.399 e. The molecule has 0 spiro atoms. The molecule has 0 bridgehead atoms. The van der Waals surface area contributed by atoms with E-state index in [1.807, 2.05) is 24.0 Å². The minimum atomic E-state index is 0.286. The Balaban J connectivity index is 1.86. The van der Waals surface area contributed by atoms with Crippen LogP contribution in [0.4, 0.5) is 5.69 Å². The van der Waals surface area contributed by atoms with Gasteiger partial charge in [-0.25, -0.2) is 0 Å². The number of aryl methyl sites for hydroxylation is 2. The molecule has 98 valence electrons. The Morgan fingerprint density at radius 1 is 1.28 bits per heavy atom. The second-order valence-corrected chi connectivity index (χ2v) is 5.13. The Hall–Kier alpha value is -1.51. The summed E-state index contributed by atoms with van der Waals surface area (Å²) >= 11 is 0. The number of nitrogens with zero attached hydrogens (tertiary/aromatic N) is 1. The van der Waals surface area contributed by atoms with Crippen LogP contribution in [0.2, 0.25) is 0 Å². The van der Waals surface area contributed by atoms with Gasteiger partial charge >= 0.3 is 0 Å². The number of hydrogen-bond donors (Lipinski definition) is 1. The lowest BCUT2D eigenvalue weighted by Gasteiger charge is -2.26. The fourth-order valence-electron chi connectivity index (χ4n) is 2.40. The lowest BCUT2D eigenvalue weighted by molar-refractivity contribution is -0.132. The van der Waals surface area contributed by atoms with Crippen molar-refractivity contribution in [3.05, 3.63) is 29.3 Å². The number of anilines is 1. The maximum Gasteiger partial charge on any atom is 0.222 e. The van der Waals surface area contributed by atoms with E-state index in [9.17, 15) is 4.79 Å². The largest absolute Gasteiger partial charge is 0.399 e. The van der Waals surface area contributed by atoms with Gasteiger partial charge in [-0.3, -0.25) is 4.79 Å². The first-order valence-corrected chi connectivity index (χ1v) is 6.79. The third-order valence-corrected chi connectivity index (χ3v) is 3.68. The van der Waals surface area contributed by atoms with Gasteiger partial charge in [0.05, 0.1) is 0 Å². The van der Waals surface area contributed by atoms with E-state index < -0.39 is 0 Å². The number of nitrogens with two attached hydrogens (primary N) is 1. The number of nitrogen functional groups attached to an aromatic ring is 1. The molecule has 1 aliphatic rings. The molecule has 1 saturated heterocycles. The van der Waals surface area contributed by atoms with Crippen molar-refractivity contribution in [1.82, 2.24) is 4.90 Å². The molecule has 3 nitrogen and oxygen atoms in total. The first kappa shape index (κ1) is 12.9. The van der Waals surface area contributed by atoms with Crippen LogP contribution in [0, 0.1) is 6.92 Å². The first-order valence-electron chi connectivity index (χ1n) is 6.79. The molecule has 0 aromatic heterocycles. The van der Waals surface area contributed by atoms with E-state index in [1.165, 1.54) is 6.42 Å². The summed E-state index contributed by atoms with van der Waals surface area (Å²) in [7, 11) is 0. The zero-order valence-electron chi connectivity index (χ0n) is 11.1. The van der Waals surface area contributed by atoms with Crippen LogP contribution in [0.3, 0.4) is 0 Å². The van der Waals surface area contributed by atoms with E-state index >= 15 is 0 Å². The summed E-state index contributed by atoms with van der Waals surface area (Å²) in [5, 5.41) is 0. The Labute approximate surface area is 109 Å². The fourth-order valence-corrected chi connectivity index (χ4v) is 2.40. The summed E-state index contributed by atoms with van der Waals surface area (Å²) in [5.74, 6) is 0.286. The molecular weight excluding hydrogens is 224 g/mol. The van der Waals surface area contributed by atoms with E-state index in [0.29, 0.717) is 6.42 Å². The highest BCUT2D eigenvalue weighted by molar-refractivity contribution is 5.76. The molecule has 1 aromatic carbocycles. The summed E-state index contributed by atoms with van der Waals surface area (Å²) in [4.78, 5) is 14.0. The van der Waals surface area contributed by atoms with Crippen LogP contribution < -0.4 is 5.73 Å². The molecule has 1 amide bonds. The van der Waals surface area contributed by atoms with Crippen LogP contribution in [0.15, 0.2) is 18.2 Å². The molecular formula is C15H22N2O. The number of hydrogen-bond acceptors (Lipinski definition) is 2. The second-order valence-electron chi connectivity index (χ2n) is 5.13. The third kappa shape index (κ3) is 3.25. The van der Waals surface area contributed by atoms with Crippen molar-refractivity contribution in [2.75, 3.05) is 18.8 Å². The molecule has 2 rings (SSSR count). The van der Waals surface area contributed by atoms with Gasteiger partial charge in [0.1, 0.15) is 0 Å². The zero-order chi connectivity index (χ0) is 13.0. The van der Waals surface area contributed by atoms with Gasteiger partial charge in [0.15, 0.2) is 0 Å². The molecule has 0 radical (unpaired) electrons. The highest BCUT2D eigenvalue weighted by Crippen LogP contribution is 2.16. The molecule has 1 aliphatic heterocycles. The number of benzene rings is 1. The zero-order valence-corrected chi connectivity index (χ0v) is 11.1. The van der Waals surface area contributed by atoms with Crippen LogP contribution in [0.1, 0.15) is 36.8 Å². The third-order valence-electron chi connectivity index (χ3n) is 3.68. The van der Waals surface area contributed by atoms with E-state index in [4.69, 9.17) is 5.73 Å². The predicted molar refractivity (Wildman–Crippen MR) is 74.3 cm³/mol. The molecule has 3 heteroatoms. The molecule has 0 unspecified atom stereocenters. The standard InChI is InChI=1S/C15H22N2O/c1-12-5-6-13(11-14(12)16)7-8-15(18)17-9-3-2-4-10-17/h5-6,11H,2-4,7-10,16H2,1H3. The van der Waals surface area contributed by atoms with Crippen molar-refractivity contribution in [3.8, 4) is 0 Å². The average Bonchev–Trinajstić information content (AvgIpc) is 2.41. The monoisotopic (exact) mass is 246 g/mol. The maximum atomic E-state index is 12.0. The normalized spacial score (nSPS) is 15.7. The number of amides is 1. The fraction of sp³-hybridized carbons (Fsp3) is 0.533. The number of rotatable bonds is 3. The summed E-state index contributed by atoms with van der Waals surface area (Å²) in [6, 6.07) is 6.07. The molecule has 18 heavy (non-hydrogen) atoms. The Morgan fingerprint density at radius 3 is 2.67 bits per heavy atom. The maximum absolute atomic E-state index is 12.0. The highest BCUT2D eigenvalue weighted by atomic mass is 16.2. The van der Waals surface area contributed by atoms with Crippen molar-refractivity contribution < 1.29 is 4.79 Å². The van der Waals surface area contributed by atoms with Gasteiger partial charge in [0.25, 0.3) is 0 Å². The van der Waals surface area contributed by atoms with Crippen LogP contribution in [-0.4, -0.2) is 23.9 Å². The highest BCUT2D eigenvalue weighted by Gasteiger charge is 2.15. The summed E-state index contributed by atoms with van der Waals surface area (Å²) < 4.78 is 0. The van der Waals surface area contributed by atoms with Gasteiger partial charge in [0.2, 0.25) is 5.91 Å². The van der Waals surface area contributed by atoms with E-state index in [-0.39, 0.29) is 5.91 Å². The van der Waals surface area contributed by atoms with E-state index in [1.54, 1.807) is 0 Å². The number of carbonyl (C=O) groups is 1. The van der Waals surface area contributed by atoms with Crippen LogP contribution >= 0.6 is 0 Å². The number of likely N-dealkylation sites (tertiary alicyclic amines) is 1. The average molecular weight is 246 g/mol. The SMILES string of the molecule is Cc1ccc(CCC(=O)N2CCCCC2)cc1N. The van der Waals surface area contributed by atoms with Crippen LogP contribution in [0.5, 0.6) is 0 Å². The quantitative estimate of drug-likeness (QED) is 0.833. The minimum absolute atomic E-state index is 0.286. The van der Waals surface area contributed by atoms with Gasteiger partial charge in [-0.1, -0.05) is 12.1 Å². The van der Waals surface area contributed by atoms with Crippen LogP contribution in [-0.2, 0) is 11.2 Å². The Morgan fingerprint density at radius 2 is 2.00 bits per heavy atom. The van der Waals surface area contributed by atoms with Crippen molar-refractivity contribution in [2.45, 2.75) is 39.0 Å². The number of carbonyl (C=O) groups excluding carboxylic acids is 1. The van der Waals surface area contributed by atoms with Crippen molar-refractivity contribution >= 4 is 11.6 Å². The van der Waals surface area contributed by atoms with Gasteiger partial charge in [-0.2, -0.15) is 0 Å². The second kappa shape index (κ2) is 5.89. The number of piperidine rings is 1. The summed E-state index contributed by atoms with van der Waals surface area (Å²) in [6.45, 7) is 3.88. The predicted octanol–water partition coefficient (Wildman–Crippen LogP) is 2.52. The van der Waals surface area contributed by atoms with Gasteiger partial charge in [-0.05, 0) is 49.8 Å². The molecule has 1 heterocycles. The van der Waals surface area contributed by atoms with Gasteiger partial charge in [0, 0.05) is 25.2 Å². The van der Waals surface area contributed by atoms with E-state index in [2.05, 4.69) is 6.07 Å². The van der Waals surface area contributed by atoms with Crippen LogP contribution in [0.25, 0.3) is 0 Å². The van der Waals surface area contributed by atoms with Gasteiger partial charge in [-0.15, -0.1) is 0 Å². The van der Waals surface area contributed by atoms with Crippen molar-refractivity contribution in [3.63, 3.8) is 0 Å². The smallest absolute Gasteiger partial charge is 0.222 e. The van der Waals surface area contributed by atoms with Crippen molar-refractivity contribution in [1.29, 1.82) is 0 Å². The summed E-state index contributed by atoms with van der Waals surface area (Å²) in [5.41, 5.74) is 8.95. The molecule has 1 fully saturated rings. The molecule has 2 N–H and O–H groups in total. The van der Waals surface area contributed by atoms with Crippen molar-refractivity contribution in [2.24, 2.45) is 0 Å². The molecule has 0 aliphatic carbocycles. The first-order chi connectivity index (χ1) is 8.66. The lowest BCUT2D eigenvalue weighted by atomic mass is 10.0. The van der Waals surface area contributed by atoms with Gasteiger partial charge < -0.3 is 10.6 Å². The summed E-state index contributed by atoms with van der Waals surface area (Å²) in [6.07, 6.45) is 4.97. The molecule has 0 saturated carbocycles. The van der Waals surface area contributed by atoms with E-state index in [0.717, 1.165) is 49.2 Å². The molecule has 1 aromatic rings. The topological polar surface area (TPSA) is 46.3 Å². The Bertz CT molecular complexity index is 423. The lowest BCUT2D eigenvalue weighted by Crippen LogP contribution is -2.35. The Kier molecular flexibility index (Phi) is 4.24. The molecule has 0 atom stereocenters.